The molecule has 0 aromatic carbocycles. The molecule has 2 aromatic heterocycles. The predicted molar refractivity (Wildman–Crippen MR) is 77.0 cm³/mol. The SMILES string of the molecule is CC(C)NCc1cnccc1N(C)Cc1ccco1. The van der Waals surface area contributed by atoms with Gasteiger partial charge in [-0.15, -0.1) is 0 Å². The summed E-state index contributed by atoms with van der Waals surface area (Å²) in [6.45, 7) is 5.86. The molecule has 1 N–H and O–H groups in total. The van der Waals surface area contributed by atoms with E-state index in [1.54, 1.807) is 6.26 Å². The molecule has 19 heavy (non-hydrogen) atoms. The Morgan fingerprint density at radius 3 is 2.89 bits per heavy atom. The number of nitrogens with zero attached hydrogens (tertiary/aromatic N) is 2. The van der Waals surface area contributed by atoms with Crippen LogP contribution in [-0.2, 0) is 13.1 Å². The molecule has 0 saturated heterocycles. The van der Waals surface area contributed by atoms with Crippen molar-refractivity contribution in [2.75, 3.05) is 11.9 Å². The maximum atomic E-state index is 5.39. The van der Waals surface area contributed by atoms with Crippen molar-refractivity contribution in [1.82, 2.24) is 10.3 Å². The Morgan fingerprint density at radius 1 is 1.37 bits per heavy atom. The lowest BCUT2D eigenvalue weighted by molar-refractivity contribution is 0.507. The summed E-state index contributed by atoms with van der Waals surface area (Å²) in [5.74, 6) is 0.960. The number of hydrogen-bond acceptors (Lipinski definition) is 4. The van der Waals surface area contributed by atoms with Gasteiger partial charge in [-0.1, -0.05) is 13.8 Å². The van der Waals surface area contributed by atoms with E-state index in [2.05, 4.69) is 36.1 Å². The molecule has 0 atom stereocenters. The van der Waals surface area contributed by atoms with Gasteiger partial charge in [-0.2, -0.15) is 0 Å². The van der Waals surface area contributed by atoms with Gasteiger partial charge < -0.3 is 14.6 Å². The highest BCUT2D eigenvalue weighted by molar-refractivity contribution is 5.51. The number of rotatable bonds is 6. The zero-order chi connectivity index (χ0) is 13.7. The Balaban J connectivity index is 2.09. The highest BCUT2D eigenvalue weighted by atomic mass is 16.3. The summed E-state index contributed by atoms with van der Waals surface area (Å²) in [5, 5.41) is 3.43. The number of furan rings is 1. The van der Waals surface area contributed by atoms with Gasteiger partial charge in [0.2, 0.25) is 0 Å². The van der Waals surface area contributed by atoms with Gasteiger partial charge in [0.1, 0.15) is 5.76 Å². The Bertz CT molecular complexity index is 494. The minimum absolute atomic E-state index is 0.462. The molecule has 0 bridgehead atoms. The minimum atomic E-state index is 0.462. The average Bonchev–Trinajstić information content (AvgIpc) is 2.89. The maximum absolute atomic E-state index is 5.39. The molecular formula is C15H21N3O. The average molecular weight is 259 g/mol. The lowest BCUT2D eigenvalue weighted by Gasteiger charge is -2.21. The second-order valence-corrected chi connectivity index (χ2v) is 4.98. The first kappa shape index (κ1) is 13.6. The van der Waals surface area contributed by atoms with E-state index in [0.717, 1.165) is 18.8 Å². The zero-order valence-electron chi connectivity index (χ0n) is 11.8. The van der Waals surface area contributed by atoms with Crippen molar-refractivity contribution in [1.29, 1.82) is 0 Å². The number of nitrogens with one attached hydrogen (secondary N) is 1. The van der Waals surface area contributed by atoms with Crippen LogP contribution >= 0.6 is 0 Å². The molecule has 2 aromatic rings. The molecule has 4 nitrogen and oxygen atoms in total. The van der Waals surface area contributed by atoms with Gasteiger partial charge in [0.05, 0.1) is 12.8 Å². The normalized spacial score (nSPS) is 10.9. The third-order valence-corrected chi connectivity index (χ3v) is 2.96. The van der Waals surface area contributed by atoms with Gasteiger partial charge >= 0.3 is 0 Å². The van der Waals surface area contributed by atoms with Gasteiger partial charge in [-0.05, 0) is 18.2 Å². The van der Waals surface area contributed by atoms with Crippen molar-refractivity contribution in [3.8, 4) is 0 Å². The van der Waals surface area contributed by atoms with Crippen molar-refractivity contribution < 1.29 is 4.42 Å². The third-order valence-electron chi connectivity index (χ3n) is 2.96. The monoisotopic (exact) mass is 259 g/mol. The fourth-order valence-electron chi connectivity index (χ4n) is 1.96. The lowest BCUT2D eigenvalue weighted by Crippen LogP contribution is -2.24. The van der Waals surface area contributed by atoms with Crippen molar-refractivity contribution in [2.24, 2.45) is 0 Å². The first-order valence-electron chi connectivity index (χ1n) is 6.56. The van der Waals surface area contributed by atoms with Gasteiger partial charge in [0.15, 0.2) is 0 Å². The molecule has 0 radical (unpaired) electrons. The molecule has 0 aliphatic rings. The van der Waals surface area contributed by atoms with Crippen LogP contribution in [0.1, 0.15) is 25.2 Å². The molecule has 102 valence electrons. The maximum Gasteiger partial charge on any atom is 0.123 e. The van der Waals surface area contributed by atoms with Gasteiger partial charge in [-0.3, -0.25) is 4.98 Å². The molecule has 0 spiro atoms. The standard InChI is InChI=1S/C15H21N3O/c1-12(2)17-10-13-9-16-7-6-15(13)18(3)11-14-5-4-8-19-14/h4-9,12,17H,10-11H2,1-3H3. The van der Waals surface area contributed by atoms with Crippen LogP contribution in [0.2, 0.25) is 0 Å². The quantitative estimate of drug-likeness (QED) is 0.866. The number of anilines is 1. The van der Waals surface area contributed by atoms with Crippen LogP contribution < -0.4 is 10.2 Å². The molecule has 0 unspecified atom stereocenters. The van der Waals surface area contributed by atoms with Crippen LogP contribution in [0, 0.1) is 0 Å². The van der Waals surface area contributed by atoms with Crippen LogP contribution in [0.15, 0.2) is 41.3 Å². The summed E-state index contributed by atoms with van der Waals surface area (Å²) in [5.41, 5.74) is 2.38. The fourth-order valence-corrected chi connectivity index (χ4v) is 1.96. The van der Waals surface area contributed by atoms with Crippen molar-refractivity contribution in [3.05, 3.63) is 48.2 Å². The highest BCUT2D eigenvalue weighted by Crippen LogP contribution is 2.20. The van der Waals surface area contributed by atoms with Crippen molar-refractivity contribution in [2.45, 2.75) is 33.0 Å². The van der Waals surface area contributed by atoms with E-state index in [4.69, 9.17) is 4.42 Å². The Morgan fingerprint density at radius 2 is 2.21 bits per heavy atom. The molecule has 0 aliphatic heterocycles. The molecule has 0 saturated carbocycles. The second kappa shape index (κ2) is 6.38. The molecule has 2 heterocycles. The van der Waals surface area contributed by atoms with Crippen LogP contribution in [-0.4, -0.2) is 18.1 Å². The lowest BCUT2D eigenvalue weighted by atomic mass is 10.2. The molecule has 0 amide bonds. The first-order valence-corrected chi connectivity index (χ1v) is 6.56. The second-order valence-electron chi connectivity index (χ2n) is 4.98. The highest BCUT2D eigenvalue weighted by Gasteiger charge is 2.09. The van der Waals surface area contributed by atoms with E-state index < -0.39 is 0 Å². The van der Waals surface area contributed by atoms with E-state index in [1.807, 2.05) is 30.6 Å². The van der Waals surface area contributed by atoms with E-state index in [0.29, 0.717) is 6.04 Å². The number of aromatic nitrogens is 1. The molecule has 4 heteroatoms. The van der Waals surface area contributed by atoms with Crippen LogP contribution in [0.5, 0.6) is 0 Å². The summed E-state index contributed by atoms with van der Waals surface area (Å²) < 4.78 is 5.39. The number of hydrogen-bond donors (Lipinski definition) is 1. The summed E-state index contributed by atoms with van der Waals surface area (Å²) >= 11 is 0. The number of pyridine rings is 1. The fraction of sp³-hybridized carbons (Fsp3) is 0.400. The van der Waals surface area contributed by atoms with E-state index in [1.165, 1.54) is 11.3 Å². The van der Waals surface area contributed by atoms with Crippen LogP contribution in [0.3, 0.4) is 0 Å². The Hall–Kier alpha value is -1.81. The van der Waals surface area contributed by atoms with E-state index >= 15 is 0 Å². The Labute approximate surface area is 114 Å². The third kappa shape index (κ3) is 3.83. The summed E-state index contributed by atoms with van der Waals surface area (Å²) in [7, 11) is 2.07. The molecular weight excluding hydrogens is 238 g/mol. The largest absolute Gasteiger partial charge is 0.467 e. The summed E-state index contributed by atoms with van der Waals surface area (Å²) in [4.78, 5) is 6.39. The van der Waals surface area contributed by atoms with Crippen molar-refractivity contribution >= 4 is 5.69 Å². The molecule has 2 rings (SSSR count). The van der Waals surface area contributed by atoms with Gasteiger partial charge in [-0.25, -0.2) is 0 Å². The smallest absolute Gasteiger partial charge is 0.123 e. The first-order chi connectivity index (χ1) is 9.16. The molecule has 0 fully saturated rings. The van der Waals surface area contributed by atoms with E-state index in [9.17, 15) is 0 Å². The topological polar surface area (TPSA) is 41.3 Å². The zero-order valence-corrected chi connectivity index (χ0v) is 11.8. The van der Waals surface area contributed by atoms with Gasteiger partial charge in [0, 0.05) is 43.3 Å². The Kier molecular flexibility index (Phi) is 4.58. The minimum Gasteiger partial charge on any atom is -0.467 e. The van der Waals surface area contributed by atoms with Gasteiger partial charge in [0.25, 0.3) is 0 Å². The van der Waals surface area contributed by atoms with E-state index in [-0.39, 0.29) is 0 Å². The van der Waals surface area contributed by atoms with Crippen LogP contribution in [0.4, 0.5) is 5.69 Å². The van der Waals surface area contributed by atoms with Crippen molar-refractivity contribution in [3.63, 3.8) is 0 Å². The predicted octanol–water partition coefficient (Wildman–Crippen LogP) is 2.81. The van der Waals surface area contributed by atoms with Crippen LogP contribution in [0.25, 0.3) is 0 Å². The summed E-state index contributed by atoms with van der Waals surface area (Å²) in [6.07, 6.45) is 5.45. The molecule has 0 aliphatic carbocycles. The summed E-state index contributed by atoms with van der Waals surface area (Å²) in [6, 6.07) is 6.41.